The SMILES string of the molecule is Fc1ccccc1-c1cc(NCCN2CCNCC2)n2nccc2n1. The third kappa shape index (κ3) is 3.47. The van der Waals surface area contributed by atoms with E-state index in [1.54, 1.807) is 22.8 Å². The van der Waals surface area contributed by atoms with Crippen molar-refractivity contribution in [3.63, 3.8) is 0 Å². The Morgan fingerprint density at radius 1 is 1.16 bits per heavy atom. The fourth-order valence-corrected chi connectivity index (χ4v) is 3.12. The van der Waals surface area contributed by atoms with Crippen molar-refractivity contribution in [2.24, 2.45) is 0 Å². The first kappa shape index (κ1) is 16.0. The van der Waals surface area contributed by atoms with Gasteiger partial charge < -0.3 is 10.6 Å². The number of nitrogens with zero attached hydrogens (tertiary/aromatic N) is 4. The van der Waals surface area contributed by atoms with Crippen molar-refractivity contribution < 1.29 is 4.39 Å². The molecule has 0 spiro atoms. The second-order valence-corrected chi connectivity index (χ2v) is 6.13. The molecule has 1 aromatic carbocycles. The van der Waals surface area contributed by atoms with Crippen molar-refractivity contribution in [3.05, 3.63) is 48.4 Å². The number of rotatable bonds is 5. The van der Waals surface area contributed by atoms with Gasteiger partial charge in [-0.2, -0.15) is 9.61 Å². The Bertz CT molecular complexity index is 856. The first-order chi connectivity index (χ1) is 12.3. The van der Waals surface area contributed by atoms with E-state index in [9.17, 15) is 4.39 Å². The van der Waals surface area contributed by atoms with Crippen molar-refractivity contribution >= 4 is 11.5 Å². The van der Waals surface area contributed by atoms with E-state index in [-0.39, 0.29) is 5.82 Å². The van der Waals surface area contributed by atoms with E-state index in [0.717, 1.165) is 45.1 Å². The highest BCUT2D eigenvalue weighted by atomic mass is 19.1. The van der Waals surface area contributed by atoms with Gasteiger partial charge in [0.1, 0.15) is 11.6 Å². The molecule has 0 radical (unpaired) electrons. The summed E-state index contributed by atoms with van der Waals surface area (Å²) in [5, 5.41) is 11.1. The molecule has 0 aliphatic carbocycles. The average molecular weight is 340 g/mol. The summed E-state index contributed by atoms with van der Waals surface area (Å²) >= 11 is 0. The van der Waals surface area contributed by atoms with Crippen LogP contribution < -0.4 is 10.6 Å². The van der Waals surface area contributed by atoms with Crippen molar-refractivity contribution in [2.45, 2.75) is 0 Å². The van der Waals surface area contributed by atoms with Gasteiger partial charge in [0.15, 0.2) is 5.65 Å². The van der Waals surface area contributed by atoms with E-state index in [1.165, 1.54) is 6.07 Å². The molecule has 1 saturated heterocycles. The maximum absolute atomic E-state index is 14.1. The summed E-state index contributed by atoms with van der Waals surface area (Å²) in [4.78, 5) is 6.95. The molecule has 0 unspecified atom stereocenters. The van der Waals surface area contributed by atoms with Gasteiger partial charge in [-0.1, -0.05) is 12.1 Å². The minimum absolute atomic E-state index is 0.273. The van der Waals surface area contributed by atoms with Crippen LogP contribution in [0.4, 0.5) is 10.2 Å². The molecule has 0 amide bonds. The van der Waals surface area contributed by atoms with Gasteiger partial charge in [0.05, 0.1) is 11.9 Å². The topological polar surface area (TPSA) is 57.5 Å². The number of hydrogen-bond donors (Lipinski definition) is 2. The Hall–Kier alpha value is -2.51. The third-order valence-electron chi connectivity index (χ3n) is 4.45. The smallest absolute Gasteiger partial charge is 0.157 e. The maximum atomic E-state index is 14.1. The highest BCUT2D eigenvalue weighted by Crippen LogP contribution is 2.24. The molecule has 6 nitrogen and oxygen atoms in total. The predicted octanol–water partition coefficient (Wildman–Crippen LogP) is 1.85. The van der Waals surface area contributed by atoms with E-state index in [4.69, 9.17) is 0 Å². The Morgan fingerprint density at radius 2 is 2.00 bits per heavy atom. The number of halogens is 1. The van der Waals surface area contributed by atoms with Crippen molar-refractivity contribution in [1.29, 1.82) is 0 Å². The van der Waals surface area contributed by atoms with Gasteiger partial charge >= 0.3 is 0 Å². The third-order valence-corrected chi connectivity index (χ3v) is 4.45. The van der Waals surface area contributed by atoms with E-state index in [2.05, 4.69) is 25.6 Å². The van der Waals surface area contributed by atoms with E-state index >= 15 is 0 Å². The quantitative estimate of drug-likeness (QED) is 0.742. The monoisotopic (exact) mass is 340 g/mol. The van der Waals surface area contributed by atoms with Crippen LogP contribution in [-0.4, -0.2) is 58.8 Å². The minimum atomic E-state index is -0.273. The summed E-state index contributed by atoms with van der Waals surface area (Å²) in [6, 6.07) is 10.4. The number of aromatic nitrogens is 3. The summed E-state index contributed by atoms with van der Waals surface area (Å²) in [7, 11) is 0. The second-order valence-electron chi connectivity index (χ2n) is 6.13. The highest BCUT2D eigenvalue weighted by Gasteiger charge is 2.12. The fourth-order valence-electron chi connectivity index (χ4n) is 3.12. The lowest BCUT2D eigenvalue weighted by molar-refractivity contribution is 0.249. The molecule has 0 atom stereocenters. The van der Waals surface area contributed by atoms with Crippen LogP contribution in [0.15, 0.2) is 42.6 Å². The van der Waals surface area contributed by atoms with Gasteiger partial charge in [0.25, 0.3) is 0 Å². The Morgan fingerprint density at radius 3 is 2.84 bits per heavy atom. The summed E-state index contributed by atoms with van der Waals surface area (Å²) in [5.74, 6) is 0.550. The standard InChI is InChI=1S/C18H21FN6/c19-15-4-2-1-3-14(15)16-13-18(25-17(23-16)5-6-22-25)21-9-12-24-10-7-20-8-11-24/h1-6,13,20-21H,7-12H2. The van der Waals surface area contributed by atoms with E-state index < -0.39 is 0 Å². The first-order valence-corrected chi connectivity index (χ1v) is 8.58. The molecule has 1 fully saturated rings. The fraction of sp³-hybridized carbons (Fsp3) is 0.333. The lowest BCUT2D eigenvalue weighted by atomic mass is 10.1. The summed E-state index contributed by atoms with van der Waals surface area (Å²) in [6.45, 7) is 5.97. The number of nitrogens with one attached hydrogen (secondary N) is 2. The molecule has 1 aliphatic rings. The number of hydrogen-bond acceptors (Lipinski definition) is 5. The van der Waals surface area contributed by atoms with Crippen molar-refractivity contribution in [1.82, 2.24) is 24.8 Å². The largest absolute Gasteiger partial charge is 0.369 e. The van der Waals surface area contributed by atoms with Gasteiger partial charge in [0.2, 0.25) is 0 Å². The number of fused-ring (bicyclic) bond motifs is 1. The van der Waals surface area contributed by atoms with Crippen LogP contribution in [0.2, 0.25) is 0 Å². The first-order valence-electron chi connectivity index (χ1n) is 8.58. The van der Waals surface area contributed by atoms with Gasteiger partial charge in [0, 0.05) is 57.0 Å². The second kappa shape index (κ2) is 7.16. The Labute approximate surface area is 145 Å². The molecular weight excluding hydrogens is 319 g/mol. The van der Waals surface area contributed by atoms with Gasteiger partial charge in [-0.05, 0) is 12.1 Å². The molecule has 0 bridgehead atoms. The molecule has 7 heteroatoms. The lowest BCUT2D eigenvalue weighted by Crippen LogP contribution is -2.45. The van der Waals surface area contributed by atoms with Crippen LogP contribution >= 0.6 is 0 Å². The molecule has 3 aromatic rings. The van der Waals surface area contributed by atoms with Crippen LogP contribution in [0.3, 0.4) is 0 Å². The molecule has 0 saturated carbocycles. The number of piperazine rings is 1. The molecule has 130 valence electrons. The van der Waals surface area contributed by atoms with Crippen LogP contribution in [-0.2, 0) is 0 Å². The molecule has 1 aliphatic heterocycles. The number of benzene rings is 1. The van der Waals surface area contributed by atoms with Gasteiger partial charge in [-0.25, -0.2) is 9.37 Å². The zero-order valence-corrected chi connectivity index (χ0v) is 14.0. The van der Waals surface area contributed by atoms with E-state index in [1.807, 2.05) is 18.2 Å². The predicted molar refractivity (Wildman–Crippen MR) is 96.2 cm³/mol. The lowest BCUT2D eigenvalue weighted by Gasteiger charge is -2.27. The summed E-state index contributed by atoms with van der Waals surface area (Å²) in [6.07, 6.45) is 1.70. The maximum Gasteiger partial charge on any atom is 0.157 e. The van der Waals surface area contributed by atoms with Gasteiger partial charge in [-0.15, -0.1) is 0 Å². The van der Waals surface area contributed by atoms with E-state index in [0.29, 0.717) is 16.9 Å². The summed E-state index contributed by atoms with van der Waals surface area (Å²) < 4.78 is 15.9. The normalized spacial score (nSPS) is 15.6. The molecule has 3 heterocycles. The van der Waals surface area contributed by atoms with Crippen LogP contribution in [0.25, 0.3) is 16.9 Å². The van der Waals surface area contributed by atoms with Gasteiger partial charge in [-0.3, -0.25) is 4.90 Å². The zero-order valence-electron chi connectivity index (χ0n) is 14.0. The highest BCUT2D eigenvalue weighted by molar-refractivity contribution is 5.66. The number of anilines is 1. The molecule has 4 rings (SSSR count). The molecule has 25 heavy (non-hydrogen) atoms. The van der Waals surface area contributed by atoms with Crippen LogP contribution in [0.5, 0.6) is 0 Å². The van der Waals surface area contributed by atoms with Crippen LogP contribution in [0.1, 0.15) is 0 Å². The molecule has 2 aromatic heterocycles. The van der Waals surface area contributed by atoms with Crippen molar-refractivity contribution in [3.8, 4) is 11.3 Å². The minimum Gasteiger partial charge on any atom is -0.369 e. The summed E-state index contributed by atoms with van der Waals surface area (Å²) in [5.41, 5.74) is 1.80. The average Bonchev–Trinajstić information content (AvgIpc) is 3.12. The molecule has 2 N–H and O–H groups in total. The Balaban J connectivity index is 1.57. The molecular formula is C18H21FN6. The Kier molecular flexibility index (Phi) is 4.58. The van der Waals surface area contributed by atoms with Crippen molar-refractivity contribution in [2.75, 3.05) is 44.6 Å². The van der Waals surface area contributed by atoms with Crippen LogP contribution in [0, 0.1) is 5.82 Å². The zero-order chi connectivity index (χ0) is 17.1.